The molecule has 1 rings (SSSR count). The molecule has 0 aliphatic heterocycles. The van der Waals surface area contributed by atoms with Crippen LogP contribution in [0.4, 0.5) is 0 Å². The van der Waals surface area contributed by atoms with E-state index in [1.165, 1.54) is 32.0 Å². The van der Waals surface area contributed by atoms with Crippen molar-refractivity contribution in [2.75, 3.05) is 0 Å². The molecule has 0 saturated carbocycles. The first-order chi connectivity index (χ1) is 13.9. The number of esters is 3. The minimum Gasteiger partial charge on any atom is -0.480 e. The molecule has 0 saturated heterocycles. The normalized spacial score (nSPS) is 13.8. The van der Waals surface area contributed by atoms with Crippen molar-refractivity contribution in [3.05, 3.63) is 23.8 Å². The number of nitrogens with two attached hydrogens (primary N) is 1. The Bertz CT molecular complexity index is 789. The summed E-state index contributed by atoms with van der Waals surface area (Å²) in [6.45, 7) is 7.80. The fourth-order valence-corrected chi connectivity index (χ4v) is 2.90. The second-order valence-corrected chi connectivity index (χ2v) is 7.50. The van der Waals surface area contributed by atoms with Gasteiger partial charge in [-0.25, -0.2) is 0 Å². The van der Waals surface area contributed by atoms with E-state index in [2.05, 4.69) is 0 Å². The summed E-state index contributed by atoms with van der Waals surface area (Å²) in [7, 11) is 0. The molecule has 0 aliphatic rings. The summed E-state index contributed by atoms with van der Waals surface area (Å²) >= 11 is 0. The maximum atomic E-state index is 11.9. The zero-order chi connectivity index (χ0) is 23.0. The van der Waals surface area contributed by atoms with E-state index in [-0.39, 0.29) is 36.2 Å². The van der Waals surface area contributed by atoms with Crippen molar-refractivity contribution in [3.8, 4) is 11.5 Å². The second kappa shape index (κ2) is 11.3. The molecule has 1 aromatic rings. The number of carbonyl (C=O) groups excluding carboxylic acids is 3. The van der Waals surface area contributed by atoms with E-state index in [0.29, 0.717) is 5.56 Å². The smallest absolute Gasteiger partial charge is 0.321 e. The van der Waals surface area contributed by atoms with E-state index < -0.39 is 36.0 Å². The van der Waals surface area contributed by atoms with Crippen LogP contribution in [0.25, 0.3) is 0 Å². The summed E-state index contributed by atoms with van der Waals surface area (Å²) in [5, 5.41) is 9.43. The highest BCUT2D eigenvalue weighted by Crippen LogP contribution is 2.34. The molecule has 166 valence electrons. The van der Waals surface area contributed by atoms with Gasteiger partial charge in [-0.1, -0.05) is 19.9 Å². The predicted molar refractivity (Wildman–Crippen MR) is 107 cm³/mol. The molecule has 3 N–H and O–H groups in total. The maximum Gasteiger partial charge on any atom is 0.321 e. The van der Waals surface area contributed by atoms with Gasteiger partial charge in [0.2, 0.25) is 0 Å². The minimum atomic E-state index is -1.30. The number of ether oxygens (including phenoxy) is 3. The highest BCUT2D eigenvalue weighted by Gasteiger charge is 2.30. The Morgan fingerprint density at radius 2 is 1.57 bits per heavy atom. The molecule has 9 heteroatoms. The molecular formula is C21H29NO8. The van der Waals surface area contributed by atoms with Crippen molar-refractivity contribution < 1.29 is 38.5 Å². The zero-order valence-corrected chi connectivity index (χ0v) is 17.8. The van der Waals surface area contributed by atoms with Crippen LogP contribution in [0.1, 0.15) is 58.9 Å². The van der Waals surface area contributed by atoms with Crippen LogP contribution in [-0.2, 0) is 23.9 Å². The number of carboxylic acids is 1. The quantitative estimate of drug-likeness (QED) is 0.428. The number of benzene rings is 1. The number of carbonyl (C=O) groups is 4. The van der Waals surface area contributed by atoms with Crippen LogP contribution in [0.3, 0.4) is 0 Å². The van der Waals surface area contributed by atoms with Crippen molar-refractivity contribution in [3.63, 3.8) is 0 Å². The Labute approximate surface area is 175 Å². The molecule has 0 spiro atoms. The first-order valence-corrected chi connectivity index (χ1v) is 9.59. The third-order valence-electron chi connectivity index (χ3n) is 4.12. The molecule has 0 fully saturated rings. The second-order valence-electron chi connectivity index (χ2n) is 7.50. The molecule has 2 unspecified atom stereocenters. The van der Waals surface area contributed by atoms with Crippen LogP contribution in [0.2, 0.25) is 0 Å². The molecule has 0 radical (unpaired) electrons. The highest BCUT2D eigenvalue weighted by molar-refractivity contribution is 5.76. The highest BCUT2D eigenvalue weighted by atomic mass is 16.6. The average molecular weight is 423 g/mol. The number of carboxylic acid groups (broad SMARTS) is 1. The summed E-state index contributed by atoms with van der Waals surface area (Å²) < 4.78 is 15.5. The maximum absolute atomic E-state index is 11.9. The topological polar surface area (TPSA) is 142 Å². The fourth-order valence-electron chi connectivity index (χ4n) is 2.90. The summed E-state index contributed by atoms with van der Waals surface area (Å²) in [4.78, 5) is 46.2. The summed E-state index contributed by atoms with van der Waals surface area (Å²) in [5.41, 5.74) is 6.32. The standard InChI is InChI=1S/C21H29NO8/c1-11(2)8-19(25)28-12(3)9-16(20(22)21(26)27)15-6-7-17(29-13(4)23)18(10-15)30-14(5)24/h6-7,10-12,16,20H,8-9,22H2,1-5H3,(H,26,27)/t12?,16?,20-/m0/s1. The van der Waals surface area contributed by atoms with E-state index in [1.54, 1.807) is 6.92 Å². The van der Waals surface area contributed by atoms with Gasteiger partial charge in [0, 0.05) is 26.2 Å². The van der Waals surface area contributed by atoms with Crippen LogP contribution in [-0.4, -0.2) is 41.1 Å². The van der Waals surface area contributed by atoms with Gasteiger partial charge in [-0.2, -0.15) is 0 Å². The van der Waals surface area contributed by atoms with Gasteiger partial charge in [-0.15, -0.1) is 0 Å². The number of hydrogen-bond acceptors (Lipinski definition) is 8. The van der Waals surface area contributed by atoms with Crippen molar-refractivity contribution in [1.29, 1.82) is 0 Å². The Balaban J connectivity index is 3.21. The lowest BCUT2D eigenvalue weighted by molar-refractivity contribution is -0.149. The molecule has 0 amide bonds. The van der Waals surface area contributed by atoms with Crippen LogP contribution in [0.5, 0.6) is 11.5 Å². The third kappa shape index (κ3) is 8.20. The zero-order valence-electron chi connectivity index (χ0n) is 17.8. The van der Waals surface area contributed by atoms with Gasteiger partial charge in [0.05, 0.1) is 6.10 Å². The van der Waals surface area contributed by atoms with Crippen LogP contribution in [0, 0.1) is 5.92 Å². The van der Waals surface area contributed by atoms with Crippen molar-refractivity contribution in [1.82, 2.24) is 0 Å². The first-order valence-electron chi connectivity index (χ1n) is 9.59. The lowest BCUT2D eigenvalue weighted by atomic mass is 9.87. The predicted octanol–water partition coefficient (Wildman–Crippen LogP) is 2.40. The largest absolute Gasteiger partial charge is 0.480 e. The Hall–Kier alpha value is -2.94. The molecule has 9 nitrogen and oxygen atoms in total. The summed E-state index contributed by atoms with van der Waals surface area (Å²) in [6.07, 6.45) is -0.228. The van der Waals surface area contributed by atoms with Crippen molar-refractivity contribution in [2.24, 2.45) is 11.7 Å². The SMILES string of the molecule is CC(=O)Oc1ccc(C(CC(C)OC(=O)CC(C)C)[C@H](N)C(=O)O)cc1OC(C)=O. The van der Waals surface area contributed by atoms with Crippen LogP contribution < -0.4 is 15.2 Å². The van der Waals surface area contributed by atoms with E-state index in [1.807, 2.05) is 13.8 Å². The minimum absolute atomic E-state index is 0.0144. The molecular weight excluding hydrogens is 394 g/mol. The Kier molecular flexibility index (Phi) is 9.45. The van der Waals surface area contributed by atoms with Crippen LogP contribution in [0.15, 0.2) is 18.2 Å². The van der Waals surface area contributed by atoms with Crippen molar-refractivity contribution in [2.45, 2.75) is 65.5 Å². The number of hydrogen-bond donors (Lipinski definition) is 2. The third-order valence-corrected chi connectivity index (χ3v) is 4.12. The average Bonchev–Trinajstić information content (AvgIpc) is 2.58. The first kappa shape index (κ1) is 25.1. The van der Waals surface area contributed by atoms with Crippen LogP contribution >= 0.6 is 0 Å². The van der Waals surface area contributed by atoms with Gasteiger partial charge in [-0.05, 0) is 37.0 Å². The van der Waals surface area contributed by atoms with E-state index >= 15 is 0 Å². The lowest BCUT2D eigenvalue weighted by Gasteiger charge is -2.25. The molecule has 0 aromatic heterocycles. The Morgan fingerprint density at radius 1 is 1.00 bits per heavy atom. The van der Waals surface area contributed by atoms with E-state index in [4.69, 9.17) is 19.9 Å². The monoisotopic (exact) mass is 423 g/mol. The van der Waals surface area contributed by atoms with E-state index in [0.717, 1.165) is 0 Å². The molecule has 0 heterocycles. The molecule has 0 bridgehead atoms. The number of aliphatic carboxylic acids is 1. The Morgan fingerprint density at radius 3 is 2.07 bits per heavy atom. The molecule has 0 aliphatic carbocycles. The van der Waals surface area contributed by atoms with Gasteiger partial charge in [0.15, 0.2) is 11.5 Å². The van der Waals surface area contributed by atoms with Crippen molar-refractivity contribution >= 4 is 23.9 Å². The van der Waals surface area contributed by atoms with Gasteiger partial charge in [0.25, 0.3) is 0 Å². The molecule has 3 atom stereocenters. The fraction of sp³-hybridized carbons (Fsp3) is 0.524. The van der Waals surface area contributed by atoms with Gasteiger partial charge in [0.1, 0.15) is 6.04 Å². The van der Waals surface area contributed by atoms with Gasteiger partial charge >= 0.3 is 23.9 Å². The molecule has 1 aromatic carbocycles. The summed E-state index contributed by atoms with van der Waals surface area (Å²) in [6, 6.07) is 3.02. The van der Waals surface area contributed by atoms with Gasteiger partial charge in [-0.3, -0.25) is 19.2 Å². The van der Waals surface area contributed by atoms with E-state index in [9.17, 15) is 24.3 Å². The molecule has 30 heavy (non-hydrogen) atoms. The van der Waals surface area contributed by atoms with Gasteiger partial charge < -0.3 is 25.1 Å². The lowest BCUT2D eigenvalue weighted by Crippen LogP contribution is -2.38. The number of rotatable bonds is 10. The summed E-state index contributed by atoms with van der Waals surface area (Å²) in [5.74, 6) is -3.53.